The number of hydrogen-bond acceptors (Lipinski definition) is 4. The van der Waals surface area contributed by atoms with Gasteiger partial charge >= 0.3 is 0 Å². The van der Waals surface area contributed by atoms with Crippen LogP contribution in [0.5, 0.6) is 0 Å². The van der Waals surface area contributed by atoms with Crippen molar-refractivity contribution in [3.63, 3.8) is 0 Å². The molecule has 4 aromatic heterocycles. The minimum atomic E-state index is 0.327. The van der Waals surface area contributed by atoms with Crippen LogP contribution in [0.3, 0.4) is 0 Å². The summed E-state index contributed by atoms with van der Waals surface area (Å²) < 4.78 is 4.43. The molecule has 4 aromatic carbocycles. The first-order valence-corrected chi connectivity index (χ1v) is 20.2. The first-order valence-electron chi connectivity index (χ1n) is 20.2. The zero-order chi connectivity index (χ0) is 39.9. The second-order valence-corrected chi connectivity index (χ2v) is 15.2. The fourth-order valence-corrected chi connectivity index (χ4v) is 8.34. The van der Waals surface area contributed by atoms with Gasteiger partial charge in [0.05, 0.1) is 17.3 Å². The highest BCUT2D eigenvalue weighted by atomic mass is 15.1. The SMILES string of the molecule is CC/C=C\c1c(N)n(-c2cccc(-n3c4c(c5cccnc53)C=C=C(c3cccc(C5=CCC(C)N=C5)c3)C=C4)c2)c2ccc(-c3cccc(-c4cccnc4)c3)cc12. The number of nitrogens with two attached hydrogens (primary N) is 1. The number of pyridine rings is 2. The highest BCUT2D eigenvalue weighted by Gasteiger charge is 2.21. The first-order chi connectivity index (χ1) is 29.0. The van der Waals surface area contributed by atoms with Crippen molar-refractivity contribution in [2.45, 2.75) is 32.7 Å². The number of aliphatic imine (C=N–C) groups is 1. The number of rotatable bonds is 8. The van der Waals surface area contributed by atoms with Gasteiger partial charge in [-0.05, 0) is 132 Å². The van der Waals surface area contributed by atoms with Crippen molar-refractivity contribution in [3.05, 3.63) is 186 Å². The van der Waals surface area contributed by atoms with E-state index in [-0.39, 0.29) is 0 Å². The predicted octanol–water partition coefficient (Wildman–Crippen LogP) is 12.7. The summed E-state index contributed by atoms with van der Waals surface area (Å²) >= 11 is 0. The van der Waals surface area contributed by atoms with E-state index >= 15 is 0 Å². The lowest BCUT2D eigenvalue weighted by molar-refractivity contribution is 0.759. The number of dihydropyridines is 1. The Morgan fingerprint density at radius 3 is 2.31 bits per heavy atom. The van der Waals surface area contributed by atoms with Gasteiger partial charge in [0.15, 0.2) is 0 Å². The number of nitrogen functional groups attached to an aromatic ring is 1. The van der Waals surface area contributed by atoms with Crippen LogP contribution in [-0.2, 0) is 0 Å². The number of anilines is 1. The van der Waals surface area contributed by atoms with Crippen LogP contribution in [0.2, 0.25) is 0 Å². The van der Waals surface area contributed by atoms with E-state index in [9.17, 15) is 0 Å². The molecule has 59 heavy (non-hydrogen) atoms. The number of nitrogens with zero attached hydrogens (tertiary/aromatic N) is 5. The van der Waals surface area contributed by atoms with Gasteiger partial charge in [-0.1, -0.05) is 79.7 Å². The molecule has 8 aromatic rings. The Kier molecular flexibility index (Phi) is 9.17. The highest BCUT2D eigenvalue weighted by molar-refractivity contribution is 6.10. The lowest BCUT2D eigenvalue weighted by Gasteiger charge is -2.14. The molecule has 284 valence electrons. The zero-order valence-electron chi connectivity index (χ0n) is 33.0. The number of hydrogen-bond donors (Lipinski definition) is 1. The minimum Gasteiger partial charge on any atom is -0.384 e. The normalized spacial score (nSPS) is 14.8. The largest absolute Gasteiger partial charge is 0.384 e. The zero-order valence-corrected chi connectivity index (χ0v) is 33.0. The molecule has 0 bridgehead atoms. The quantitative estimate of drug-likeness (QED) is 0.157. The van der Waals surface area contributed by atoms with Gasteiger partial charge in [0.1, 0.15) is 11.5 Å². The number of allylic oxidation sites excluding steroid dienone is 4. The summed E-state index contributed by atoms with van der Waals surface area (Å²) in [6.45, 7) is 4.29. The molecule has 1 aliphatic heterocycles. The van der Waals surface area contributed by atoms with Crippen molar-refractivity contribution in [2.75, 3.05) is 5.73 Å². The molecule has 1 atom stereocenters. The highest BCUT2D eigenvalue weighted by Crippen LogP contribution is 2.38. The van der Waals surface area contributed by atoms with Gasteiger partial charge < -0.3 is 5.73 Å². The van der Waals surface area contributed by atoms with Crippen molar-refractivity contribution < 1.29 is 0 Å². The standard InChI is InChI=1S/C53H42N6/c1-3-4-17-47-49-31-41(38-11-6-12-39(30-38)42-14-8-27-55-33-42)23-26-51(49)58(52(47)54)44-15-7-16-45(32-44)59-50-25-22-36(21-24-46(50)48-18-9-28-56-53(48)59)37-10-5-13-40(29-37)43-20-19-35(2)57-34-43/h4-18,20,22-35H,3,19,54H2,1-2H3/b17-4-. The molecule has 0 spiro atoms. The maximum absolute atomic E-state index is 7.15. The fraction of sp³-hybridized carbons (Fsp3) is 0.0943. The van der Waals surface area contributed by atoms with E-state index in [1.807, 2.05) is 30.7 Å². The van der Waals surface area contributed by atoms with E-state index in [4.69, 9.17) is 10.7 Å². The van der Waals surface area contributed by atoms with Crippen LogP contribution in [0.15, 0.2) is 163 Å². The van der Waals surface area contributed by atoms with Crippen molar-refractivity contribution in [1.82, 2.24) is 19.1 Å². The second kappa shape index (κ2) is 15.1. The molecule has 10 rings (SSSR count). The molecule has 6 heteroatoms. The molecule has 1 unspecified atom stereocenters. The molecule has 2 N–H and O–H groups in total. The third-order valence-corrected chi connectivity index (χ3v) is 11.3. The van der Waals surface area contributed by atoms with Gasteiger partial charge in [-0.25, -0.2) is 4.98 Å². The smallest absolute Gasteiger partial charge is 0.145 e. The van der Waals surface area contributed by atoms with Gasteiger partial charge in [-0.3, -0.25) is 19.1 Å². The van der Waals surface area contributed by atoms with Crippen LogP contribution >= 0.6 is 0 Å². The van der Waals surface area contributed by atoms with Gasteiger partial charge in [0.2, 0.25) is 0 Å². The van der Waals surface area contributed by atoms with E-state index in [0.717, 1.165) is 108 Å². The molecule has 5 heterocycles. The molecule has 0 saturated carbocycles. The van der Waals surface area contributed by atoms with E-state index in [1.165, 1.54) is 0 Å². The Morgan fingerprint density at radius 1 is 0.746 bits per heavy atom. The Balaban J connectivity index is 1.06. The van der Waals surface area contributed by atoms with Crippen LogP contribution in [0.25, 0.3) is 84.9 Å². The van der Waals surface area contributed by atoms with Crippen molar-refractivity contribution in [1.29, 1.82) is 0 Å². The van der Waals surface area contributed by atoms with Crippen LogP contribution in [0.4, 0.5) is 5.82 Å². The van der Waals surface area contributed by atoms with Crippen LogP contribution in [0, 0.1) is 0 Å². The maximum atomic E-state index is 7.15. The lowest BCUT2D eigenvalue weighted by atomic mass is 9.97. The number of fused-ring (bicyclic) bond motifs is 4. The molecule has 1 aliphatic carbocycles. The Hall–Kier alpha value is -7.53. The lowest BCUT2D eigenvalue weighted by Crippen LogP contribution is -2.03. The molecular formula is C53H42N6. The van der Waals surface area contributed by atoms with E-state index in [0.29, 0.717) is 11.9 Å². The number of aromatic nitrogens is 4. The monoisotopic (exact) mass is 762 g/mol. The van der Waals surface area contributed by atoms with Gasteiger partial charge in [-0.15, -0.1) is 5.73 Å². The van der Waals surface area contributed by atoms with E-state index in [2.05, 4.69) is 178 Å². The third-order valence-electron chi connectivity index (χ3n) is 11.3. The average molecular weight is 763 g/mol. The van der Waals surface area contributed by atoms with Crippen molar-refractivity contribution in [3.8, 4) is 33.6 Å². The molecule has 0 radical (unpaired) electrons. The van der Waals surface area contributed by atoms with Crippen LogP contribution < -0.4 is 5.73 Å². The van der Waals surface area contributed by atoms with Gasteiger partial charge in [0, 0.05) is 69.2 Å². The van der Waals surface area contributed by atoms with Crippen molar-refractivity contribution in [2.24, 2.45) is 4.99 Å². The van der Waals surface area contributed by atoms with E-state index < -0.39 is 0 Å². The fourth-order valence-electron chi connectivity index (χ4n) is 8.34. The molecule has 2 aliphatic rings. The first kappa shape index (κ1) is 35.9. The van der Waals surface area contributed by atoms with Gasteiger partial charge in [0.25, 0.3) is 0 Å². The summed E-state index contributed by atoms with van der Waals surface area (Å²) in [6.07, 6.45) is 22.5. The van der Waals surface area contributed by atoms with Crippen LogP contribution in [0.1, 0.15) is 54.6 Å². The Morgan fingerprint density at radius 2 is 1.49 bits per heavy atom. The molecule has 0 fully saturated rings. The summed E-state index contributed by atoms with van der Waals surface area (Å²) in [5.41, 5.74) is 26.7. The topological polar surface area (TPSA) is 74.0 Å². The predicted molar refractivity (Wildman–Crippen MR) is 248 cm³/mol. The second-order valence-electron chi connectivity index (χ2n) is 15.2. The molecule has 6 nitrogen and oxygen atoms in total. The minimum absolute atomic E-state index is 0.327. The molecular weight excluding hydrogens is 721 g/mol. The third kappa shape index (κ3) is 6.56. The summed E-state index contributed by atoms with van der Waals surface area (Å²) in [7, 11) is 0. The Labute approximate surface area is 344 Å². The molecule has 0 saturated heterocycles. The van der Waals surface area contributed by atoms with Crippen LogP contribution in [-0.4, -0.2) is 31.4 Å². The summed E-state index contributed by atoms with van der Waals surface area (Å²) in [5, 5.41) is 2.16. The summed E-state index contributed by atoms with van der Waals surface area (Å²) in [5.74, 6) is 0.695. The van der Waals surface area contributed by atoms with Crippen molar-refractivity contribution >= 4 is 63.3 Å². The van der Waals surface area contributed by atoms with E-state index in [1.54, 1.807) is 6.20 Å². The maximum Gasteiger partial charge on any atom is 0.145 e. The summed E-state index contributed by atoms with van der Waals surface area (Å²) in [6, 6.07) is 41.1. The number of benzene rings is 4. The van der Waals surface area contributed by atoms with Gasteiger partial charge in [-0.2, -0.15) is 0 Å². The molecule has 0 amide bonds. The summed E-state index contributed by atoms with van der Waals surface area (Å²) in [4.78, 5) is 13.9. The Bertz CT molecular complexity index is 3130. The average Bonchev–Trinajstić information content (AvgIpc) is 3.64.